The molecule has 0 radical (unpaired) electrons. The van der Waals surface area contributed by atoms with Crippen LogP contribution in [0.15, 0.2) is 235 Å². The van der Waals surface area contributed by atoms with E-state index in [-0.39, 0.29) is 0 Å². The van der Waals surface area contributed by atoms with E-state index in [1.54, 1.807) is 0 Å². The molecule has 3 heteroatoms. The van der Waals surface area contributed by atoms with Gasteiger partial charge in [0.2, 0.25) is 0 Å². The molecule has 0 saturated carbocycles. The van der Waals surface area contributed by atoms with Gasteiger partial charge >= 0.3 is 0 Å². The Bertz CT molecular complexity index is 3560. The average molecular weight is 779 g/mol. The fraction of sp³-hybridized carbons (Fsp3) is 0. The van der Waals surface area contributed by atoms with Gasteiger partial charge in [-0.1, -0.05) is 176 Å². The van der Waals surface area contributed by atoms with Crippen LogP contribution in [0.25, 0.3) is 93.6 Å². The Balaban J connectivity index is 0.991. The van der Waals surface area contributed by atoms with Crippen LogP contribution in [-0.2, 0) is 0 Å². The molecule has 61 heavy (non-hydrogen) atoms. The van der Waals surface area contributed by atoms with Crippen LogP contribution >= 0.6 is 0 Å². The number of rotatable bonds is 7. The van der Waals surface area contributed by atoms with E-state index in [0.717, 1.165) is 61.4 Å². The maximum Gasteiger partial charge on any atom is 0.159 e. The Hall–Kier alpha value is -8.14. The van der Waals surface area contributed by atoms with E-state index >= 15 is 0 Å². The molecule has 0 aliphatic heterocycles. The van der Waals surface area contributed by atoms with Crippen molar-refractivity contribution in [3.63, 3.8) is 0 Å². The van der Waals surface area contributed by atoms with Crippen LogP contribution in [0.3, 0.4) is 0 Å². The average Bonchev–Trinajstić information content (AvgIpc) is 3.89. The second kappa shape index (κ2) is 14.3. The molecule has 0 fully saturated rings. The van der Waals surface area contributed by atoms with Gasteiger partial charge in [-0.3, -0.25) is 0 Å². The third-order valence-electron chi connectivity index (χ3n) is 12.2. The monoisotopic (exact) mass is 778 g/mol. The van der Waals surface area contributed by atoms with E-state index in [0.29, 0.717) is 0 Å². The summed E-state index contributed by atoms with van der Waals surface area (Å²) in [7, 11) is 0. The molecule has 3 nitrogen and oxygen atoms in total. The second-order valence-electron chi connectivity index (χ2n) is 15.7. The fourth-order valence-electron chi connectivity index (χ4n) is 9.34. The normalized spacial score (nSPS) is 11.6. The van der Waals surface area contributed by atoms with Gasteiger partial charge in [0.05, 0.1) is 16.7 Å². The van der Waals surface area contributed by atoms with Crippen LogP contribution in [0, 0.1) is 0 Å². The van der Waals surface area contributed by atoms with Crippen molar-refractivity contribution in [1.82, 2.24) is 4.57 Å². The van der Waals surface area contributed by atoms with Crippen LogP contribution in [0.5, 0.6) is 0 Å². The van der Waals surface area contributed by atoms with Gasteiger partial charge in [-0.2, -0.15) is 0 Å². The van der Waals surface area contributed by atoms with Crippen molar-refractivity contribution in [2.75, 3.05) is 4.90 Å². The minimum absolute atomic E-state index is 0.859. The van der Waals surface area contributed by atoms with Crippen molar-refractivity contribution < 1.29 is 4.42 Å². The van der Waals surface area contributed by atoms with Crippen molar-refractivity contribution >= 4 is 71.6 Å². The number of anilines is 3. The van der Waals surface area contributed by atoms with E-state index in [4.69, 9.17) is 4.42 Å². The van der Waals surface area contributed by atoms with E-state index in [9.17, 15) is 0 Å². The molecule has 12 rings (SSSR count). The SMILES string of the molecule is c1ccc(-c2ccccc2-c2ccc(N(c3ccc(-c4ccc5c6ccc7ccccc7c6n(-c6ccccc6)c5c4)cc3)c3cccc4c3oc3ccccc34)cc2)cc1. The smallest absolute Gasteiger partial charge is 0.159 e. The Morgan fingerprint density at radius 2 is 0.934 bits per heavy atom. The number of nitrogens with zero attached hydrogens (tertiary/aromatic N) is 2. The van der Waals surface area contributed by atoms with E-state index in [2.05, 4.69) is 228 Å². The molecule has 10 aromatic carbocycles. The molecule has 0 saturated heterocycles. The molecule has 0 aliphatic rings. The Labute approximate surface area is 353 Å². The zero-order valence-corrected chi connectivity index (χ0v) is 33.2. The third-order valence-corrected chi connectivity index (χ3v) is 12.2. The Morgan fingerprint density at radius 1 is 0.361 bits per heavy atom. The number of hydrogen-bond acceptors (Lipinski definition) is 2. The predicted octanol–water partition coefficient (Wildman–Crippen LogP) is 16.3. The molecule has 2 heterocycles. The van der Waals surface area contributed by atoms with Crippen LogP contribution in [0.2, 0.25) is 0 Å². The number of furan rings is 1. The van der Waals surface area contributed by atoms with E-state index in [1.165, 1.54) is 49.3 Å². The van der Waals surface area contributed by atoms with E-state index in [1.807, 2.05) is 12.1 Å². The summed E-state index contributed by atoms with van der Waals surface area (Å²) >= 11 is 0. The number of aromatic nitrogens is 1. The lowest BCUT2D eigenvalue weighted by atomic mass is 9.94. The van der Waals surface area contributed by atoms with Gasteiger partial charge < -0.3 is 13.9 Å². The summed E-state index contributed by atoms with van der Waals surface area (Å²) in [6, 6.07) is 82.8. The molecule has 0 atom stereocenters. The van der Waals surface area contributed by atoms with Gasteiger partial charge in [0.15, 0.2) is 5.58 Å². The zero-order valence-electron chi connectivity index (χ0n) is 33.2. The first-order chi connectivity index (χ1) is 30.3. The molecule has 0 N–H and O–H groups in total. The Kier molecular flexibility index (Phi) is 8.17. The van der Waals surface area contributed by atoms with Crippen molar-refractivity contribution in [2.45, 2.75) is 0 Å². The summed E-state index contributed by atoms with van der Waals surface area (Å²) in [4.78, 5) is 2.32. The Morgan fingerprint density at radius 3 is 1.69 bits per heavy atom. The number of fused-ring (bicyclic) bond motifs is 8. The van der Waals surface area contributed by atoms with Gasteiger partial charge in [-0.25, -0.2) is 0 Å². The lowest BCUT2D eigenvalue weighted by Crippen LogP contribution is -2.10. The van der Waals surface area contributed by atoms with Gasteiger partial charge in [-0.15, -0.1) is 0 Å². The molecule has 0 amide bonds. The summed E-state index contributed by atoms with van der Waals surface area (Å²) in [6.45, 7) is 0. The summed E-state index contributed by atoms with van der Waals surface area (Å²) in [5.41, 5.74) is 15.5. The van der Waals surface area contributed by atoms with Crippen LogP contribution in [-0.4, -0.2) is 4.57 Å². The molecule has 2 aromatic heterocycles. The largest absolute Gasteiger partial charge is 0.454 e. The summed E-state index contributed by atoms with van der Waals surface area (Å²) < 4.78 is 9.09. The number of hydrogen-bond donors (Lipinski definition) is 0. The highest BCUT2D eigenvalue weighted by Gasteiger charge is 2.21. The quantitative estimate of drug-likeness (QED) is 0.161. The first-order valence-electron chi connectivity index (χ1n) is 20.8. The zero-order chi connectivity index (χ0) is 40.3. The first kappa shape index (κ1) is 34.9. The maximum atomic E-state index is 6.65. The molecule has 286 valence electrons. The number of para-hydroxylation sites is 3. The maximum absolute atomic E-state index is 6.65. The number of benzene rings is 10. The molecule has 0 aliphatic carbocycles. The molecule has 0 bridgehead atoms. The van der Waals surface area contributed by atoms with Crippen LogP contribution in [0.4, 0.5) is 17.1 Å². The highest BCUT2D eigenvalue weighted by molar-refractivity contribution is 6.19. The van der Waals surface area contributed by atoms with Gasteiger partial charge in [-0.05, 0) is 93.4 Å². The topological polar surface area (TPSA) is 21.3 Å². The summed E-state index contributed by atoms with van der Waals surface area (Å²) in [5.74, 6) is 0. The lowest BCUT2D eigenvalue weighted by molar-refractivity contribution is 0.669. The summed E-state index contributed by atoms with van der Waals surface area (Å²) in [6.07, 6.45) is 0. The highest BCUT2D eigenvalue weighted by atomic mass is 16.3. The highest BCUT2D eigenvalue weighted by Crippen LogP contribution is 2.44. The van der Waals surface area contributed by atoms with Crippen molar-refractivity contribution in [2.24, 2.45) is 0 Å². The van der Waals surface area contributed by atoms with Crippen molar-refractivity contribution in [3.8, 4) is 39.1 Å². The lowest BCUT2D eigenvalue weighted by Gasteiger charge is -2.26. The minimum atomic E-state index is 0.859. The molecule has 12 aromatic rings. The predicted molar refractivity (Wildman–Crippen MR) is 257 cm³/mol. The molecular weight excluding hydrogens is 741 g/mol. The fourth-order valence-corrected chi connectivity index (χ4v) is 9.34. The van der Waals surface area contributed by atoms with Gasteiger partial charge in [0.1, 0.15) is 5.58 Å². The molecule has 0 unspecified atom stereocenters. The summed E-state index contributed by atoms with van der Waals surface area (Å²) in [5, 5.41) is 7.19. The van der Waals surface area contributed by atoms with Crippen molar-refractivity contribution in [3.05, 3.63) is 231 Å². The minimum Gasteiger partial charge on any atom is -0.454 e. The van der Waals surface area contributed by atoms with Gasteiger partial charge in [0.25, 0.3) is 0 Å². The second-order valence-corrected chi connectivity index (χ2v) is 15.7. The first-order valence-corrected chi connectivity index (χ1v) is 20.8. The van der Waals surface area contributed by atoms with Crippen LogP contribution in [0.1, 0.15) is 0 Å². The third kappa shape index (κ3) is 5.82. The van der Waals surface area contributed by atoms with Crippen molar-refractivity contribution in [1.29, 1.82) is 0 Å². The standard InChI is InChI=1S/C58H38N2O/c1-3-14-40(15-4-1)47-19-9-10-20-48(47)42-28-34-46(35-29-42)59(54-24-13-23-53-51-22-11-12-25-56(51)61-58(53)54)45-32-26-39(27-33-45)43-31-36-50-52-37-30-41-16-7-8-21-49(41)57(52)60(55(50)38-43)44-17-5-2-6-18-44/h1-38H. The van der Waals surface area contributed by atoms with E-state index < -0.39 is 0 Å². The van der Waals surface area contributed by atoms with Gasteiger partial charge in [0, 0.05) is 44.0 Å². The molecule has 0 spiro atoms. The van der Waals surface area contributed by atoms with Crippen LogP contribution < -0.4 is 4.90 Å². The molecular formula is C58H38N2O.